The van der Waals surface area contributed by atoms with E-state index in [-0.39, 0.29) is 5.91 Å². The molecule has 0 bridgehead atoms. The Morgan fingerprint density at radius 1 is 1.04 bits per heavy atom. The summed E-state index contributed by atoms with van der Waals surface area (Å²) in [5, 5.41) is 6.33. The minimum atomic E-state index is -0.575. The molecule has 0 aliphatic heterocycles. The van der Waals surface area contributed by atoms with Gasteiger partial charge in [-0.2, -0.15) is 11.8 Å². The van der Waals surface area contributed by atoms with Crippen molar-refractivity contribution in [3.63, 3.8) is 0 Å². The first-order chi connectivity index (χ1) is 13.6. The number of carbonyl (C=O) groups excluding carboxylic acids is 1. The summed E-state index contributed by atoms with van der Waals surface area (Å²) < 4.78 is 5.89. The number of hydrogen-bond donors (Lipinski definition) is 1. The predicted molar refractivity (Wildman–Crippen MR) is 120 cm³/mol. The molecule has 3 rings (SSSR count). The first-order valence-electron chi connectivity index (χ1n) is 8.99. The van der Waals surface area contributed by atoms with Crippen molar-refractivity contribution < 1.29 is 9.53 Å². The highest BCUT2D eigenvalue weighted by molar-refractivity contribution is 7.98. The molecule has 28 heavy (non-hydrogen) atoms. The molecule has 0 aromatic heterocycles. The van der Waals surface area contributed by atoms with Gasteiger partial charge in [-0.3, -0.25) is 4.79 Å². The molecule has 1 atom stereocenters. The smallest absolute Gasteiger partial charge is 0.260 e. The number of carbonyl (C=O) groups is 1. The van der Waals surface area contributed by atoms with Crippen LogP contribution in [0.3, 0.4) is 0 Å². The molecule has 146 valence electrons. The Morgan fingerprint density at radius 2 is 1.71 bits per heavy atom. The standard InChI is InChI=1S/C22H21Cl2NO2S/c1-15(27-21-11-4-7-16-6-2-3-8-17(16)21)22(26)25-12-13-28-14-18-19(23)9-5-10-20(18)24/h2-11,15H,12-14H2,1H3,(H,25,26). The summed E-state index contributed by atoms with van der Waals surface area (Å²) in [6, 6.07) is 19.3. The maximum absolute atomic E-state index is 12.3. The van der Waals surface area contributed by atoms with Crippen LogP contribution in [-0.2, 0) is 10.5 Å². The Hall–Kier alpha value is -1.88. The number of fused-ring (bicyclic) bond motifs is 1. The highest BCUT2D eigenvalue weighted by Gasteiger charge is 2.15. The summed E-state index contributed by atoms with van der Waals surface area (Å²) in [4.78, 5) is 12.3. The molecular weight excluding hydrogens is 413 g/mol. The topological polar surface area (TPSA) is 38.3 Å². The van der Waals surface area contributed by atoms with Crippen LogP contribution in [0.15, 0.2) is 60.7 Å². The van der Waals surface area contributed by atoms with Gasteiger partial charge in [-0.15, -0.1) is 0 Å². The van der Waals surface area contributed by atoms with E-state index >= 15 is 0 Å². The van der Waals surface area contributed by atoms with Gasteiger partial charge in [0.15, 0.2) is 6.10 Å². The van der Waals surface area contributed by atoms with Crippen molar-refractivity contribution in [2.45, 2.75) is 18.8 Å². The molecule has 3 nitrogen and oxygen atoms in total. The summed E-state index contributed by atoms with van der Waals surface area (Å²) in [7, 11) is 0. The van der Waals surface area contributed by atoms with Gasteiger partial charge in [0.05, 0.1) is 0 Å². The van der Waals surface area contributed by atoms with E-state index in [0.717, 1.165) is 22.1 Å². The first-order valence-corrected chi connectivity index (χ1v) is 10.9. The Labute approximate surface area is 179 Å². The fourth-order valence-corrected chi connectivity index (χ4v) is 4.37. The zero-order valence-electron chi connectivity index (χ0n) is 15.5. The molecule has 0 radical (unpaired) electrons. The Bertz CT molecular complexity index is 939. The largest absolute Gasteiger partial charge is 0.480 e. The lowest BCUT2D eigenvalue weighted by Crippen LogP contribution is -2.37. The van der Waals surface area contributed by atoms with E-state index in [2.05, 4.69) is 5.32 Å². The average Bonchev–Trinajstić information content (AvgIpc) is 2.69. The molecule has 3 aromatic rings. The summed E-state index contributed by atoms with van der Waals surface area (Å²) in [5.74, 6) is 2.04. The van der Waals surface area contributed by atoms with Crippen molar-refractivity contribution in [2.75, 3.05) is 12.3 Å². The molecule has 0 saturated carbocycles. The lowest BCUT2D eigenvalue weighted by molar-refractivity contribution is -0.127. The number of rotatable bonds is 8. The Morgan fingerprint density at radius 3 is 2.50 bits per heavy atom. The van der Waals surface area contributed by atoms with Crippen molar-refractivity contribution in [1.82, 2.24) is 5.32 Å². The Kier molecular flexibility index (Phi) is 7.49. The van der Waals surface area contributed by atoms with Crippen molar-refractivity contribution in [3.05, 3.63) is 76.3 Å². The molecule has 0 spiro atoms. The second-order valence-electron chi connectivity index (χ2n) is 6.28. The second-order valence-corrected chi connectivity index (χ2v) is 8.20. The number of halogens is 2. The van der Waals surface area contributed by atoms with Crippen LogP contribution in [0.2, 0.25) is 10.0 Å². The van der Waals surface area contributed by atoms with Crippen LogP contribution >= 0.6 is 35.0 Å². The highest BCUT2D eigenvalue weighted by Crippen LogP contribution is 2.28. The zero-order valence-corrected chi connectivity index (χ0v) is 17.8. The fourth-order valence-electron chi connectivity index (χ4n) is 2.78. The van der Waals surface area contributed by atoms with Crippen LogP contribution < -0.4 is 10.1 Å². The highest BCUT2D eigenvalue weighted by atomic mass is 35.5. The van der Waals surface area contributed by atoms with Gasteiger partial charge in [0.1, 0.15) is 5.75 Å². The lowest BCUT2D eigenvalue weighted by Gasteiger charge is -2.16. The minimum Gasteiger partial charge on any atom is -0.480 e. The SMILES string of the molecule is CC(Oc1cccc2ccccc12)C(=O)NCCSCc1c(Cl)cccc1Cl. The lowest BCUT2D eigenvalue weighted by atomic mass is 10.1. The minimum absolute atomic E-state index is 0.135. The predicted octanol–water partition coefficient (Wildman–Crippen LogP) is 5.96. The molecule has 3 aromatic carbocycles. The van der Waals surface area contributed by atoms with Crippen LogP contribution in [0.1, 0.15) is 12.5 Å². The van der Waals surface area contributed by atoms with Gasteiger partial charge < -0.3 is 10.1 Å². The summed E-state index contributed by atoms with van der Waals surface area (Å²) in [5.41, 5.74) is 0.926. The van der Waals surface area contributed by atoms with Gasteiger partial charge in [0, 0.05) is 33.5 Å². The zero-order chi connectivity index (χ0) is 19.9. The van der Waals surface area contributed by atoms with E-state index in [1.54, 1.807) is 18.7 Å². The summed E-state index contributed by atoms with van der Waals surface area (Å²) >= 11 is 14.0. The van der Waals surface area contributed by atoms with Gasteiger partial charge in [-0.25, -0.2) is 0 Å². The monoisotopic (exact) mass is 433 g/mol. The van der Waals surface area contributed by atoms with Crippen molar-refractivity contribution >= 4 is 51.6 Å². The Balaban J connectivity index is 1.46. The van der Waals surface area contributed by atoms with Crippen LogP contribution in [0.4, 0.5) is 0 Å². The van der Waals surface area contributed by atoms with Gasteiger partial charge in [0.2, 0.25) is 0 Å². The van der Waals surface area contributed by atoms with Crippen LogP contribution in [0.5, 0.6) is 5.75 Å². The number of benzene rings is 3. The second kappa shape index (κ2) is 10.1. The van der Waals surface area contributed by atoms with Gasteiger partial charge >= 0.3 is 0 Å². The number of hydrogen-bond acceptors (Lipinski definition) is 3. The quantitative estimate of drug-likeness (QED) is 0.445. The maximum atomic E-state index is 12.3. The number of ether oxygens (including phenoxy) is 1. The third kappa shape index (κ3) is 5.34. The average molecular weight is 434 g/mol. The van der Waals surface area contributed by atoms with E-state index in [4.69, 9.17) is 27.9 Å². The summed E-state index contributed by atoms with van der Waals surface area (Å²) in [6.45, 7) is 2.31. The van der Waals surface area contributed by atoms with Crippen LogP contribution in [0, 0.1) is 0 Å². The van der Waals surface area contributed by atoms with E-state index in [0.29, 0.717) is 28.1 Å². The van der Waals surface area contributed by atoms with E-state index < -0.39 is 6.10 Å². The molecule has 1 unspecified atom stereocenters. The molecule has 0 heterocycles. The molecule has 0 aliphatic carbocycles. The number of nitrogens with one attached hydrogen (secondary N) is 1. The van der Waals surface area contributed by atoms with Gasteiger partial charge in [0.25, 0.3) is 5.91 Å². The van der Waals surface area contributed by atoms with E-state index in [9.17, 15) is 4.79 Å². The van der Waals surface area contributed by atoms with Crippen molar-refractivity contribution in [3.8, 4) is 5.75 Å². The molecule has 1 N–H and O–H groups in total. The van der Waals surface area contributed by atoms with Crippen LogP contribution in [0.25, 0.3) is 10.8 Å². The molecule has 0 saturated heterocycles. The number of thioether (sulfide) groups is 1. The molecule has 0 aliphatic rings. The maximum Gasteiger partial charge on any atom is 0.260 e. The molecule has 0 fully saturated rings. The van der Waals surface area contributed by atoms with Crippen LogP contribution in [-0.4, -0.2) is 24.3 Å². The normalized spacial score (nSPS) is 12.0. The van der Waals surface area contributed by atoms with E-state index in [1.807, 2.05) is 60.7 Å². The van der Waals surface area contributed by atoms with Gasteiger partial charge in [-0.05, 0) is 36.1 Å². The van der Waals surface area contributed by atoms with Crippen molar-refractivity contribution in [2.24, 2.45) is 0 Å². The number of amides is 1. The molecule has 6 heteroatoms. The molecular formula is C22H21Cl2NO2S. The first kappa shape index (κ1) is 20.8. The molecule has 1 amide bonds. The summed E-state index contributed by atoms with van der Waals surface area (Å²) in [6.07, 6.45) is -0.575. The fraction of sp³-hybridized carbons (Fsp3) is 0.227. The van der Waals surface area contributed by atoms with E-state index in [1.165, 1.54) is 0 Å². The third-order valence-electron chi connectivity index (χ3n) is 4.28. The third-order valence-corrected chi connectivity index (χ3v) is 5.97. The van der Waals surface area contributed by atoms with Crippen molar-refractivity contribution in [1.29, 1.82) is 0 Å². The van der Waals surface area contributed by atoms with Gasteiger partial charge in [-0.1, -0.05) is 65.7 Å².